The van der Waals surface area contributed by atoms with Crippen LogP contribution in [-0.2, 0) is 30.3 Å². The molecule has 142 valence electrons. The number of ketones is 1. The second-order valence-electron chi connectivity index (χ2n) is 5.96. The molecule has 0 heterocycles. The number of carbonyl (C=O) groups is 4. The van der Waals surface area contributed by atoms with Crippen LogP contribution in [0.3, 0.4) is 0 Å². The third kappa shape index (κ3) is 7.46. The Morgan fingerprint density at radius 2 is 1.69 bits per heavy atom. The minimum Gasteiger partial charge on any atom is -0.467 e. The van der Waals surface area contributed by atoms with E-state index in [4.69, 9.17) is 4.74 Å². The normalized spacial score (nSPS) is 12.6. The van der Waals surface area contributed by atoms with Gasteiger partial charge in [-0.3, -0.25) is 14.4 Å². The number of carbonyl (C=O) groups excluding carboxylic acids is 4. The van der Waals surface area contributed by atoms with Gasteiger partial charge in [0.2, 0.25) is 11.8 Å². The molecule has 0 aromatic heterocycles. The highest BCUT2D eigenvalue weighted by Crippen LogP contribution is 2.07. The standard InChI is InChI=1S/C19H26N2O5/c1-4-15(23)10-11-16(19(25)26-3)21-18(24)17(20-13(2)22)12-14-8-6-5-7-9-14/h5-9,16-17H,4,10-12H2,1-3H3,(H,20,22)(H,21,24)/t16-,17+/m1/s1. The van der Waals surface area contributed by atoms with Crippen molar-refractivity contribution in [2.75, 3.05) is 7.11 Å². The second-order valence-corrected chi connectivity index (χ2v) is 5.96. The first-order valence-electron chi connectivity index (χ1n) is 8.58. The molecule has 0 aliphatic rings. The van der Waals surface area contributed by atoms with Gasteiger partial charge in [-0.1, -0.05) is 37.3 Å². The fourth-order valence-electron chi connectivity index (χ4n) is 2.45. The van der Waals surface area contributed by atoms with E-state index in [2.05, 4.69) is 10.6 Å². The molecule has 0 saturated carbocycles. The summed E-state index contributed by atoms with van der Waals surface area (Å²) in [6.45, 7) is 3.06. The summed E-state index contributed by atoms with van der Waals surface area (Å²) in [5.41, 5.74) is 0.872. The average molecular weight is 362 g/mol. The summed E-state index contributed by atoms with van der Waals surface area (Å²) >= 11 is 0. The highest BCUT2D eigenvalue weighted by Gasteiger charge is 2.27. The summed E-state index contributed by atoms with van der Waals surface area (Å²) in [7, 11) is 1.22. The van der Waals surface area contributed by atoms with Crippen LogP contribution in [0.5, 0.6) is 0 Å². The van der Waals surface area contributed by atoms with E-state index < -0.39 is 24.0 Å². The third-order valence-corrected chi connectivity index (χ3v) is 3.89. The summed E-state index contributed by atoms with van der Waals surface area (Å²) in [5, 5.41) is 5.19. The van der Waals surface area contributed by atoms with E-state index in [-0.39, 0.29) is 31.0 Å². The Morgan fingerprint density at radius 3 is 2.23 bits per heavy atom. The van der Waals surface area contributed by atoms with Gasteiger partial charge in [-0.2, -0.15) is 0 Å². The number of methoxy groups -OCH3 is 1. The van der Waals surface area contributed by atoms with Crippen LogP contribution in [0, 0.1) is 0 Å². The van der Waals surface area contributed by atoms with Gasteiger partial charge in [-0.15, -0.1) is 0 Å². The molecule has 0 spiro atoms. The number of Topliss-reactive ketones (excluding diaryl/α,β-unsaturated/α-hetero) is 1. The molecular formula is C19H26N2O5. The van der Waals surface area contributed by atoms with Crippen LogP contribution in [0.15, 0.2) is 30.3 Å². The fraction of sp³-hybridized carbons (Fsp3) is 0.474. The molecule has 0 bridgehead atoms. The quantitative estimate of drug-likeness (QED) is 0.608. The van der Waals surface area contributed by atoms with E-state index in [0.717, 1.165) is 5.56 Å². The monoisotopic (exact) mass is 362 g/mol. The molecule has 7 heteroatoms. The molecule has 1 rings (SSSR count). The van der Waals surface area contributed by atoms with Crippen molar-refractivity contribution in [3.63, 3.8) is 0 Å². The Balaban J connectivity index is 2.83. The first kappa shape index (κ1) is 21.3. The molecule has 0 aliphatic heterocycles. The first-order chi connectivity index (χ1) is 12.4. The summed E-state index contributed by atoms with van der Waals surface area (Å²) in [4.78, 5) is 47.5. The first-order valence-corrected chi connectivity index (χ1v) is 8.58. The zero-order valence-electron chi connectivity index (χ0n) is 15.4. The highest BCUT2D eigenvalue weighted by molar-refractivity contribution is 5.90. The lowest BCUT2D eigenvalue weighted by molar-refractivity contribution is -0.145. The molecular weight excluding hydrogens is 336 g/mol. The minimum absolute atomic E-state index is 0.00384. The number of nitrogens with one attached hydrogen (secondary N) is 2. The van der Waals surface area contributed by atoms with Crippen LogP contribution in [0.25, 0.3) is 0 Å². The number of amides is 2. The molecule has 1 aromatic carbocycles. The third-order valence-electron chi connectivity index (χ3n) is 3.89. The van der Waals surface area contributed by atoms with Gasteiger partial charge in [0.1, 0.15) is 17.9 Å². The summed E-state index contributed by atoms with van der Waals surface area (Å²) in [6.07, 6.45) is 0.974. The van der Waals surface area contributed by atoms with Crippen molar-refractivity contribution in [2.45, 2.75) is 51.6 Å². The van der Waals surface area contributed by atoms with E-state index in [0.29, 0.717) is 6.42 Å². The van der Waals surface area contributed by atoms with Crippen LogP contribution in [0.1, 0.15) is 38.7 Å². The predicted molar refractivity (Wildman–Crippen MR) is 96.2 cm³/mol. The average Bonchev–Trinajstić information content (AvgIpc) is 2.63. The van der Waals surface area contributed by atoms with E-state index >= 15 is 0 Å². The maximum absolute atomic E-state index is 12.6. The van der Waals surface area contributed by atoms with Gasteiger partial charge < -0.3 is 15.4 Å². The predicted octanol–water partition coefficient (Wildman–Crippen LogP) is 1.15. The Labute approximate surface area is 153 Å². The van der Waals surface area contributed by atoms with Crippen molar-refractivity contribution in [2.24, 2.45) is 0 Å². The molecule has 0 aliphatic carbocycles. The van der Waals surface area contributed by atoms with Gasteiger partial charge >= 0.3 is 5.97 Å². The molecule has 2 amide bonds. The lowest BCUT2D eigenvalue weighted by atomic mass is 10.0. The molecule has 1 aromatic rings. The molecule has 2 atom stereocenters. The lowest BCUT2D eigenvalue weighted by Crippen LogP contribution is -2.52. The van der Waals surface area contributed by atoms with Crippen LogP contribution in [0.4, 0.5) is 0 Å². The van der Waals surface area contributed by atoms with Gasteiger partial charge in [-0.05, 0) is 12.0 Å². The minimum atomic E-state index is -0.935. The highest BCUT2D eigenvalue weighted by atomic mass is 16.5. The molecule has 2 N–H and O–H groups in total. The smallest absolute Gasteiger partial charge is 0.328 e. The number of benzene rings is 1. The van der Waals surface area contributed by atoms with Gasteiger partial charge in [0.05, 0.1) is 7.11 Å². The van der Waals surface area contributed by atoms with Crippen molar-refractivity contribution < 1.29 is 23.9 Å². The molecule has 0 saturated heterocycles. The van der Waals surface area contributed by atoms with Crippen molar-refractivity contribution in [1.82, 2.24) is 10.6 Å². The van der Waals surface area contributed by atoms with Crippen LogP contribution in [-0.4, -0.2) is 42.8 Å². The number of hydrogen-bond donors (Lipinski definition) is 2. The largest absolute Gasteiger partial charge is 0.467 e. The van der Waals surface area contributed by atoms with Gasteiger partial charge in [0, 0.05) is 26.2 Å². The maximum atomic E-state index is 12.6. The topological polar surface area (TPSA) is 102 Å². The number of hydrogen-bond acceptors (Lipinski definition) is 5. The number of esters is 1. The summed E-state index contributed by atoms with van der Waals surface area (Å²) in [6, 6.07) is 7.46. The Kier molecular flexibility index (Phi) is 9.05. The van der Waals surface area contributed by atoms with Gasteiger partial charge in [-0.25, -0.2) is 4.79 Å². The summed E-state index contributed by atoms with van der Waals surface area (Å²) in [5.74, 6) is -1.47. The van der Waals surface area contributed by atoms with Crippen molar-refractivity contribution in [3.8, 4) is 0 Å². The zero-order chi connectivity index (χ0) is 19.5. The van der Waals surface area contributed by atoms with Gasteiger partial charge in [0.25, 0.3) is 0 Å². The molecule has 0 fully saturated rings. The Bertz CT molecular complexity index is 630. The number of rotatable bonds is 10. The molecule has 0 unspecified atom stereocenters. The second kappa shape index (κ2) is 11.0. The SMILES string of the molecule is CCC(=O)CC[C@@H](NC(=O)[C@H](Cc1ccccc1)NC(C)=O)C(=O)OC. The molecule has 0 radical (unpaired) electrons. The van der Waals surface area contributed by atoms with E-state index in [1.54, 1.807) is 6.92 Å². The van der Waals surface area contributed by atoms with Crippen molar-refractivity contribution in [3.05, 3.63) is 35.9 Å². The van der Waals surface area contributed by atoms with Crippen molar-refractivity contribution >= 4 is 23.6 Å². The Hall–Kier alpha value is -2.70. The molecule has 26 heavy (non-hydrogen) atoms. The molecule has 7 nitrogen and oxygen atoms in total. The van der Waals surface area contributed by atoms with Crippen molar-refractivity contribution in [1.29, 1.82) is 0 Å². The van der Waals surface area contributed by atoms with E-state index in [1.807, 2.05) is 30.3 Å². The summed E-state index contributed by atoms with van der Waals surface area (Å²) < 4.78 is 4.71. The lowest BCUT2D eigenvalue weighted by Gasteiger charge is -2.22. The zero-order valence-corrected chi connectivity index (χ0v) is 15.4. The van der Waals surface area contributed by atoms with E-state index in [1.165, 1.54) is 14.0 Å². The van der Waals surface area contributed by atoms with Crippen LogP contribution in [0.2, 0.25) is 0 Å². The van der Waals surface area contributed by atoms with Crippen LogP contribution >= 0.6 is 0 Å². The van der Waals surface area contributed by atoms with Gasteiger partial charge in [0.15, 0.2) is 0 Å². The number of ether oxygens (including phenoxy) is 1. The Morgan fingerprint density at radius 1 is 1.04 bits per heavy atom. The van der Waals surface area contributed by atoms with E-state index in [9.17, 15) is 19.2 Å². The van der Waals surface area contributed by atoms with Crippen LogP contribution < -0.4 is 10.6 Å². The maximum Gasteiger partial charge on any atom is 0.328 e. The fourth-order valence-corrected chi connectivity index (χ4v) is 2.45.